The van der Waals surface area contributed by atoms with Gasteiger partial charge in [0.05, 0.1) is 32.6 Å². The summed E-state index contributed by atoms with van der Waals surface area (Å²) >= 11 is 1.52. The van der Waals surface area contributed by atoms with Crippen LogP contribution in [0, 0.1) is 13.8 Å². The number of thiophene rings is 1. The van der Waals surface area contributed by atoms with Gasteiger partial charge in [0.25, 0.3) is 5.91 Å². The molecule has 3 heterocycles. The van der Waals surface area contributed by atoms with Gasteiger partial charge in [0.15, 0.2) is 17.3 Å². The molecule has 0 spiro atoms. The fourth-order valence-corrected chi connectivity index (χ4v) is 5.02. The van der Waals surface area contributed by atoms with Gasteiger partial charge in [0.1, 0.15) is 5.00 Å². The topological polar surface area (TPSA) is 84.2 Å². The van der Waals surface area contributed by atoms with E-state index in [9.17, 15) is 9.90 Å². The molecule has 0 saturated carbocycles. The number of rotatable bonds is 6. The van der Waals surface area contributed by atoms with Crippen molar-refractivity contribution in [1.29, 1.82) is 0 Å². The predicted molar refractivity (Wildman–Crippen MR) is 119 cm³/mol. The standard InChI is InChI=1S/C23H26N2O5S/c1-14-15(2)31-23(24-22(27)18-8-5-11-30-18)19(14)20(25-9-12-29-13-10-25)16-6-4-7-17(28-3)21(16)26/h4-8,11,20,26H,9-10,12-13H2,1-3H3,(H,24,27). The highest BCUT2D eigenvalue weighted by atomic mass is 32.1. The Morgan fingerprint density at radius 2 is 2.00 bits per heavy atom. The van der Waals surface area contributed by atoms with Gasteiger partial charge in [-0.1, -0.05) is 12.1 Å². The van der Waals surface area contributed by atoms with Crippen LogP contribution in [0.25, 0.3) is 0 Å². The average Bonchev–Trinajstić information content (AvgIpc) is 3.41. The molecule has 2 N–H and O–H groups in total. The van der Waals surface area contributed by atoms with Crippen molar-refractivity contribution in [3.05, 3.63) is 63.9 Å². The van der Waals surface area contributed by atoms with E-state index in [-0.39, 0.29) is 23.5 Å². The Balaban J connectivity index is 1.83. The molecule has 1 amide bonds. The fraction of sp³-hybridized carbons (Fsp3) is 0.348. The van der Waals surface area contributed by atoms with E-state index >= 15 is 0 Å². The summed E-state index contributed by atoms with van der Waals surface area (Å²) in [5.74, 6) is 0.472. The maximum absolute atomic E-state index is 12.7. The molecule has 164 valence electrons. The Morgan fingerprint density at radius 3 is 2.68 bits per heavy atom. The number of aromatic hydroxyl groups is 1. The van der Waals surface area contributed by atoms with Crippen LogP contribution in [0.3, 0.4) is 0 Å². The van der Waals surface area contributed by atoms with Gasteiger partial charge in [-0.2, -0.15) is 0 Å². The van der Waals surface area contributed by atoms with Crippen LogP contribution >= 0.6 is 11.3 Å². The monoisotopic (exact) mass is 442 g/mol. The number of hydrogen-bond donors (Lipinski definition) is 2. The maximum atomic E-state index is 12.7. The van der Waals surface area contributed by atoms with E-state index in [2.05, 4.69) is 10.2 Å². The molecule has 0 bridgehead atoms. The molecule has 1 saturated heterocycles. The minimum atomic E-state index is -0.303. The van der Waals surface area contributed by atoms with Crippen LogP contribution in [-0.2, 0) is 4.74 Å². The molecule has 1 atom stereocenters. The van der Waals surface area contributed by atoms with Gasteiger partial charge in [-0.05, 0) is 37.6 Å². The largest absolute Gasteiger partial charge is 0.504 e. The molecule has 1 aromatic carbocycles. The minimum absolute atomic E-state index is 0.105. The highest BCUT2D eigenvalue weighted by Gasteiger charge is 2.33. The zero-order valence-electron chi connectivity index (χ0n) is 17.8. The van der Waals surface area contributed by atoms with Gasteiger partial charge < -0.3 is 24.3 Å². The van der Waals surface area contributed by atoms with Crippen molar-refractivity contribution in [3.63, 3.8) is 0 Å². The van der Waals surface area contributed by atoms with Crippen molar-refractivity contribution in [3.8, 4) is 11.5 Å². The number of carbonyl (C=O) groups excluding carboxylic acids is 1. The third-order valence-corrected chi connectivity index (χ3v) is 6.77. The molecule has 1 aliphatic heterocycles. The predicted octanol–water partition coefficient (Wildman–Crippen LogP) is 4.35. The zero-order valence-corrected chi connectivity index (χ0v) is 18.6. The number of phenols is 1. The van der Waals surface area contributed by atoms with Crippen LogP contribution in [0.4, 0.5) is 5.00 Å². The number of amides is 1. The first-order valence-corrected chi connectivity index (χ1v) is 10.9. The molecular weight excluding hydrogens is 416 g/mol. The van der Waals surface area contributed by atoms with E-state index in [1.807, 2.05) is 26.0 Å². The summed E-state index contributed by atoms with van der Waals surface area (Å²) in [6.07, 6.45) is 1.48. The van der Waals surface area contributed by atoms with Crippen LogP contribution in [0.15, 0.2) is 41.0 Å². The van der Waals surface area contributed by atoms with Crippen LogP contribution < -0.4 is 10.1 Å². The number of furan rings is 1. The van der Waals surface area contributed by atoms with Crippen molar-refractivity contribution in [2.75, 3.05) is 38.7 Å². The van der Waals surface area contributed by atoms with Crippen LogP contribution in [-0.4, -0.2) is 49.3 Å². The summed E-state index contributed by atoms with van der Waals surface area (Å²) in [5.41, 5.74) is 2.78. The van der Waals surface area contributed by atoms with Gasteiger partial charge in [0, 0.05) is 29.1 Å². The first kappa shape index (κ1) is 21.4. The highest BCUT2D eigenvalue weighted by molar-refractivity contribution is 7.16. The molecule has 1 aliphatic rings. The Labute approximate surface area is 185 Å². The normalized spacial score (nSPS) is 15.6. The van der Waals surface area contributed by atoms with E-state index < -0.39 is 0 Å². The number of benzene rings is 1. The maximum Gasteiger partial charge on any atom is 0.291 e. The lowest BCUT2D eigenvalue weighted by atomic mass is 9.93. The van der Waals surface area contributed by atoms with Gasteiger partial charge >= 0.3 is 0 Å². The Kier molecular flexibility index (Phi) is 6.31. The second-order valence-corrected chi connectivity index (χ2v) is 8.63. The van der Waals surface area contributed by atoms with Crippen molar-refractivity contribution in [2.24, 2.45) is 0 Å². The number of ether oxygens (including phenoxy) is 2. The van der Waals surface area contributed by atoms with Crippen LogP contribution in [0.2, 0.25) is 0 Å². The van der Waals surface area contributed by atoms with E-state index in [0.717, 1.165) is 26.6 Å². The molecule has 1 unspecified atom stereocenters. The van der Waals surface area contributed by atoms with Crippen molar-refractivity contribution in [2.45, 2.75) is 19.9 Å². The molecule has 8 heteroatoms. The van der Waals surface area contributed by atoms with Crippen molar-refractivity contribution in [1.82, 2.24) is 4.90 Å². The number of hydrogen-bond acceptors (Lipinski definition) is 7. The molecule has 1 fully saturated rings. The van der Waals surface area contributed by atoms with Crippen molar-refractivity contribution >= 4 is 22.2 Å². The van der Waals surface area contributed by atoms with Crippen molar-refractivity contribution < 1.29 is 23.8 Å². The molecule has 0 radical (unpaired) electrons. The molecule has 7 nitrogen and oxygen atoms in total. The molecule has 2 aromatic heterocycles. The van der Waals surface area contributed by atoms with E-state index in [1.165, 1.54) is 24.7 Å². The highest BCUT2D eigenvalue weighted by Crippen LogP contribution is 2.46. The summed E-state index contributed by atoms with van der Waals surface area (Å²) in [5, 5.41) is 14.8. The number of methoxy groups -OCH3 is 1. The summed E-state index contributed by atoms with van der Waals surface area (Å²) in [4.78, 5) is 16.1. The number of nitrogens with zero attached hydrogens (tertiary/aromatic N) is 1. The molecule has 31 heavy (non-hydrogen) atoms. The van der Waals surface area contributed by atoms with Crippen LogP contribution in [0.5, 0.6) is 11.5 Å². The minimum Gasteiger partial charge on any atom is -0.504 e. The summed E-state index contributed by atoms with van der Waals surface area (Å²) in [7, 11) is 1.54. The van der Waals surface area contributed by atoms with Gasteiger partial charge in [-0.3, -0.25) is 9.69 Å². The third-order valence-electron chi connectivity index (χ3n) is 5.63. The number of aryl methyl sites for hydroxylation is 1. The quantitative estimate of drug-likeness (QED) is 0.591. The number of para-hydroxylation sites is 1. The van der Waals surface area contributed by atoms with Gasteiger partial charge in [-0.15, -0.1) is 11.3 Å². The van der Waals surface area contributed by atoms with Gasteiger partial charge in [0.2, 0.25) is 0 Å². The SMILES string of the molecule is COc1cccc(C(c2c(NC(=O)c3ccco3)sc(C)c2C)N2CCOCC2)c1O. The van der Waals surface area contributed by atoms with E-state index in [0.29, 0.717) is 32.1 Å². The third kappa shape index (κ3) is 4.19. The molecule has 3 aromatic rings. The van der Waals surface area contributed by atoms with E-state index in [4.69, 9.17) is 13.9 Å². The first-order valence-electron chi connectivity index (χ1n) is 10.1. The van der Waals surface area contributed by atoms with Crippen LogP contribution in [0.1, 0.15) is 38.2 Å². The Bertz CT molecular complexity index is 1050. The molecule has 0 aliphatic carbocycles. The number of phenolic OH excluding ortho intramolecular Hbond substituents is 1. The lowest BCUT2D eigenvalue weighted by Crippen LogP contribution is -2.40. The summed E-state index contributed by atoms with van der Waals surface area (Å²) in [6.45, 7) is 6.72. The zero-order chi connectivity index (χ0) is 22.0. The lowest BCUT2D eigenvalue weighted by molar-refractivity contribution is 0.0236. The second kappa shape index (κ2) is 9.13. The molecular formula is C23H26N2O5S. The van der Waals surface area contributed by atoms with E-state index in [1.54, 1.807) is 18.2 Å². The number of morpholine rings is 1. The lowest BCUT2D eigenvalue weighted by Gasteiger charge is -2.36. The average molecular weight is 443 g/mol. The molecule has 4 rings (SSSR count). The number of nitrogens with one attached hydrogen (secondary N) is 1. The van der Waals surface area contributed by atoms with Gasteiger partial charge in [-0.25, -0.2) is 0 Å². The fourth-order valence-electron chi connectivity index (χ4n) is 3.93. The number of anilines is 1. The smallest absolute Gasteiger partial charge is 0.291 e. The second-order valence-electron chi connectivity index (χ2n) is 7.41. The Hall–Kier alpha value is -2.81. The first-order chi connectivity index (χ1) is 15.0. The summed E-state index contributed by atoms with van der Waals surface area (Å²) in [6, 6.07) is 8.57. The summed E-state index contributed by atoms with van der Waals surface area (Å²) < 4.78 is 16.2. The number of carbonyl (C=O) groups is 1. The Morgan fingerprint density at radius 1 is 1.23 bits per heavy atom.